The fraction of sp³-hybridized carbons (Fsp3) is 0.750. The van der Waals surface area contributed by atoms with Crippen LogP contribution < -0.4 is 0 Å². The molecule has 4 nitrogen and oxygen atoms in total. The zero-order valence-corrected chi connectivity index (χ0v) is 6.95. The molecule has 1 rings (SSSR count). The van der Waals surface area contributed by atoms with E-state index in [0.29, 0.717) is 0 Å². The van der Waals surface area contributed by atoms with Gasteiger partial charge in [0, 0.05) is 0 Å². The number of rotatable bonds is 3. The first-order valence-electron chi connectivity index (χ1n) is 4.18. The van der Waals surface area contributed by atoms with Crippen LogP contribution in [-0.2, 0) is 9.59 Å². The summed E-state index contributed by atoms with van der Waals surface area (Å²) in [7, 11) is 0. The normalized spacial score (nSPS) is 19.0. The summed E-state index contributed by atoms with van der Waals surface area (Å²) >= 11 is 0. The molecule has 0 aromatic rings. The van der Waals surface area contributed by atoms with Gasteiger partial charge in [-0.15, -0.1) is 0 Å². The highest BCUT2D eigenvalue weighted by Crippen LogP contribution is 2.07. The molecule has 1 aliphatic heterocycles. The van der Waals surface area contributed by atoms with E-state index in [1.165, 1.54) is 6.42 Å². The summed E-state index contributed by atoms with van der Waals surface area (Å²) in [5.74, 6) is -2.02. The van der Waals surface area contributed by atoms with Gasteiger partial charge in [-0.25, -0.2) is 4.79 Å². The maximum atomic E-state index is 10.8. The Kier molecular flexibility index (Phi) is 3.22. The fourth-order valence-corrected chi connectivity index (χ4v) is 1.39. The first-order chi connectivity index (χ1) is 5.70. The minimum absolute atomic E-state index is 0.0787. The van der Waals surface area contributed by atoms with Crippen molar-refractivity contribution in [2.45, 2.75) is 19.3 Å². The lowest BCUT2D eigenvalue weighted by Gasteiger charge is -2.24. The van der Waals surface area contributed by atoms with Gasteiger partial charge in [-0.05, 0) is 25.9 Å². The zero-order valence-electron chi connectivity index (χ0n) is 6.95. The second-order valence-electron chi connectivity index (χ2n) is 3.07. The number of carboxylic acid groups (broad SMARTS) is 1. The Morgan fingerprint density at radius 3 is 2.25 bits per heavy atom. The summed E-state index contributed by atoms with van der Waals surface area (Å²) in [4.78, 5) is 22.9. The van der Waals surface area contributed by atoms with Gasteiger partial charge in [-0.2, -0.15) is 0 Å². The topological polar surface area (TPSA) is 57.6 Å². The van der Waals surface area contributed by atoms with Crippen LogP contribution in [0, 0.1) is 0 Å². The van der Waals surface area contributed by atoms with E-state index in [1.807, 2.05) is 4.90 Å². The number of hydrogen-bond acceptors (Lipinski definition) is 3. The van der Waals surface area contributed by atoms with Crippen LogP contribution in [0.5, 0.6) is 0 Å². The second-order valence-corrected chi connectivity index (χ2v) is 3.07. The lowest BCUT2D eigenvalue weighted by molar-refractivity contribution is -0.149. The molecule has 0 unspecified atom stereocenters. The summed E-state index contributed by atoms with van der Waals surface area (Å²) in [5, 5.41) is 8.34. The number of piperidine rings is 1. The third-order valence-corrected chi connectivity index (χ3v) is 2.05. The zero-order chi connectivity index (χ0) is 8.97. The van der Waals surface area contributed by atoms with E-state index in [4.69, 9.17) is 5.11 Å². The van der Waals surface area contributed by atoms with Gasteiger partial charge in [-0.3, -0.25) is 9.69 Å². The van der Waals surface area contributed by atoms with Crippen molar-refractivity contribution in [1.29, 1.82) is 0 Å². The fourth-order valence-electron chi connectivity index (χ4n) is 1.39. The highest BCUT2D eigenvalue weighted by atomic mass is 16.4. The van der Waals surface area contributed by atoms with Crippen LogP contribution in [0.1, 0.15) is 19.3 Å². The number of carbonyl (C=O) groups excluding carboxylic acids is 1. The molecule has 0 atom stereocenters. The number of likely N-dealkylation sites (tertiary alicyclic amines) is 1. The lowest BCUT2D eigenvalue weighted by atomic mass is 10.1. The maximum absolute atomic E-state index is 10.8. The lowest BCUT2D eigenvalue weighted by Crippen LogP contribution is -2.36. The molecule has 1 heterocycles. The van der Waals surface area contributed by atoms with Crippen LogP contribution in [0.15, 0.2) is 0 Å². The molecule has 1 N–H and O–H groups in total. The van der Waals surface area contributed by atoms with Gasteiger partial charge in [0.15, 0.2) is 0 Å². The van der Waals surface area contributed by atoms with E-state index in [9.17, 15) is 9.59 Å². The first-order valence-corrected chi connectivity index (χ1v) is 4.18. The van der Waals surface area contributed by atoms with Crippen molar-refractivity contribution >= 4 is 11.8 Å². The Balaban J connectivity index is 2.29. The molecule has 0 aromatic heterocycles. The van der Waals surface area contributed by atoms with Gasteiger partial charge in [0.25, 0.3) is 5.78 Å². The van der Waals surface area contributed by atoms with Crippen molar-refractivity contribution in [2.24, 2.45) is 0 Å². The monoisotopic (exact) mass is 171 g/mol. The Bertz CT molecular complexity index is 185. The van der Waals surface area contributed by atoms with Crippen molar-refractivity contribution in [3.8, 4) is 0 Å². The summed E-state index contributed by atoms with van der Waals surface area (Å²) in [6, 6.07) is 0. The van der Waals surface area contributed by atoms with Crippen molar-refractivity contribution in [1.82, 2.24) is 4.90 Å². The Morgan fingerprint density at radius 2 is 1.75 bits per heavy atom. The molecule has 68 valence electrons. The molecule has 12 heavy (non-hydrogen) atoms. The van der Waals surface area contributed by atoms with E-state index in [1.54, 1.807) is 0 Å². The molecular weight excluding hydrogens is 158 g/mol. The molecule has 0 amide bonds. The van der Waals surface area contributed by atoms with Crippen LogP contribution in [0.4, 0.5) is 0 Å². The molecule has 0 spiro atoms. The van der Waals surface area contributed by atoms with E-state index < -0.39 is 11.8 Å². The van der Waals surface area contributed by atoms with Gasteiger partial charge >= 0.3 is 5.97 Å². The molecule has 1 aliphatic rings. The molecule has 1 fully saturated rings. The molecule has 0 bridgehead atoms. The highest BCUT2D eigenvalue weighted by Gasteiger charge is 2.17. The van der Waals surface area contributed by atoms with Crippen LogP contribution >= 0.6 is 0 Å². The maximum Gasteiger partial charge on any atom is 0.373 e. The van der Waals surface area contributed by atoms with Crippen molar-refractivity contribution in [2.75, 3.05) is 19.6 Å². The average molecular weight is 171 g/mol. The van der Waals surface area contributed by atoms with Crippen LogP contribution in [0.25, 0.3) is 0 Å². The number of carbonyl (C=O) groups is 2. The third-order valence-electron chi connectivity index (χ3n) is 2.05. The molecule has 1 saturated heterocycles. The molecule has 0 aliphatic carbocycles. The summed E-state index contributed by atoms with van der Waals surface area (Å²) in [6.45, 7) is 1.80. The SMILES string of the molecule is O=C(O)C(=O)CN1CCCCC1. The third kappa shape index (κ3) is 2.62. The Labute approximate surface area is 71.2 Å². The quantitative estimate of drug-likeness (QED) is 0.613. The number of hydrogen-bond donors (Lipinski definition) is 1. The van der Waals surface area contributed by atoms with Crippen molar-refractivity contribution < 1.29 is 14.7 Å². The summed E-state index contributed by atoms with van der Waals surface area (Å²) < 4.78 is 0. The van der Waals surface area contributed by atoms with Gasteiger partial charge in [0.05, 0.1) is 6.54 Å². The van der Waals surface area contributed by atoms with Crippen LogP contribution in [-0.4, -0.2) is 41.4 Å². The minimum atomic E-state index is -1.32. The van der Waals surface area contributed by atoms with E-state index in [0.717, 1.165) is 25.9 Å². The molecule has 4 heteroatoms. The standard InChI is InChI=1S/C8H13NO3/c10-7(8(11)12)6-9-4-2-1-3-5-9/h1-6H2,(H,11,12). The predicted octanol–water partition coefficient (Wildman–Crippen LogP) is 0.126. The summed E-state index contributed by atoms with van der Waals surface area (Å²) in [6.07, 6.45) is 3.34. The summed E-state index contributed by atoms with van der Waals surface area (Å²) in [5.41, 5.74) is 0. The van der Waals surface area contributed by atoms with Gasteiger partial charge in [0.1, 0.15) is 0 Å². The molecular formula is C8H13NO3. The van der Waals surface area contributed by atoms with E-state index >= 15 is 0 Å². The Morgan fingerprint density at radius 1 is 1.17 bits per heavy atom. The van der Waals surface area contributed by atoms with Crippen molar-refractivity contribution in [3.63, 3.8) is 0 Å². The minimum Gasteiger partial charge on any atom is -0.475 e. The molecule has 0 aromatic carbocycles. The van der Waals surface area contributed by atoms with E-state index in [-0.39, 0.29) is 6.54 Å². The predicted molar refractivity (Wildman–Crippen MR) is 42.9 cm³/mol. The number of aliphatic carboxylic acids is 1. The van der Waals surface area contributed by atoms with Crippen LogP contribution in [0.2, 0.25) is 0 Å². The van der Waals surface area contributed by atoms with E-state index in [2.05, 4.69) is 0 Å². The highest BCUT2D eigenvalue weighted by molar-refractivity contribution is 6.33. The largest absolute Gasteiger partial charge is 0.475 e. The van der Waals surface area contributed by atoms with Gasteiger partial charge < -0.3 is 5.11 Å². The number of ketones is 1. The average Bonchev–Trinajstić information content (AvgIpc) is 2.06. The Hall–Kier alpha value is -0.900. The van der Waals surface area contributed by atoms with Crippen molar-refractivity contribution in [3.05, 3.63) is 0 Å². The molecule has 0 radical (unpaired) electrons. The number of nitrogens with zero attached hydrogens (tertiary/aromatic N) is 1. The smallest absolute Gasteiger partial charge is 0.373 e. The van der Waals surface area contributed by atoms with Gasteiger partial charge in [0.2, 0.25) is 0 Å². The number of carboxylic acids is 1. The first kappa shape index (κ1) is 9.19. The van der Waals surface area contributed by atoms with Crippen LogP contribution in [0.3, 0.4) is 0 Å². The second kappa shape index (κ2) is 4.21. The number of Topliss-reactive ketones (excluding diaryl/α,β-unsaturated/α-hetero) is 1. The molecule has 0 saturated carbocycles. The van der Waals surface area contributed by atoms with Gasteiger partial charge in [-0.1, -0.05) is 6.42 Å².